The van der Waals surface area contributed by atoms with Crippen LogP contribution in [0.5, 0.6) is 5.75 Å². The Morgan fingerprint density at radius 2 is 2.10 bits per heavy atom. The molecule has 1 fully saturated rings. The lowest BCUT2D eigenvalue weighted by atomic mass is 9.85. The Balaban J connectivity index is 1.75. The van der Waals surface area contributed by atoms with Gasteiger partial charge in [-0.05, 0) is 37.5 Å². The van der Waals surface area contributed by atoms with Crippen LogP contribution in [-0.4, -0.2) is 42.3 Å². The summed E-state index contributed by atoms with van der Waals surface area (Å²) in [7, 11) is 1.38. The molecule has 0 spiro atoms. The number of aliphatic hydroxyl groups excluding tert-OH is 1. The molecule has 1 aliphatic rings. The minimum Gasteiger partial charge on any atom is -0.496 e. The summed E-state index contributed by atoms with van der Waals surface area (Å²) in [6, 6.07) is 5.43. The Morgan fingerprint density at radius 1 is 1.28 bits per heavy atom. The first-order chi connectivity index (χ1) is 14.0. The highest BCUT2D eigenvalue weighted by molar-refractivity contribution is 5.92. The number of rotatable bonds is 7. The summed E-state index contributed by atoms with van der Waals surface area (Å²) in [4.78, 5) is 16.7. The van der Waals surface area contributed by atoms with Gasteiger partial charge in [0.1, 0.15) is 23.2 Å². The topological polar surface area (TPSA) is 83.5 Å². The van der Waals surface area contributed by atoms with Crippen molar-refractivity contribution in [3.05, 3.63) is 42.1 Å². The molecular formula is C21H25F2N3O3. The van der Waals surface area contributed by atoms with Crippen LogP contribution in [0.3, 0.4) is 0 Å². The van der Waals surface area contributed by atoms with Gasteiger partial charge in [0.05, 0.1) is 19.9 Å². The molecule has 156 valence electrons. The Labute approximate surface area is 168 Å². The standard InChI is InChI=1S/C21H25F2N3O3/c1-29-19-10-14(22)5-6-16(19)17-11-20(25-12-18(17)23)26-21(28)13-3-2-4-15(9-13)24-7-8-27/h5-6,10-13,15,24,27H,2-4,7-9H2,1H3,(H,25,26,28). The summed E-state index contributed by atoms with van der Waals surface area (Å²) in [5.74, 6) is -1.03. The highest BCUT2D eigenvalue weighted by atomic mass is 19.1. The predicted octanol–water partition coefficient (Wildman–Crippen LogP) is 3.11. The van der Waals surface area contributed by atoms with E-state index in [1.165, 1.54) is 31.4 Å². The van der Waals surface area contributed by atoms with E-state index in [1.807, 2.05) is 0 Å². The van der Waals surface area contributed by atoms with Crippen LogP contribution in [-0.2, 0) is 4.79 Å². The molecule has 3 N–H and O–H groups in total. The van der Waals surface area contributed by atoms with Crippen molar-refractivity contribution < 1.29 is 23.4 Å². The molecule has 2 aromatic rings. The number of aromatic nitrogens is 1. The summed E-state index contributed by atoms with van der Waals surface area (Å²) in [6.45, 7) is 0.559. The number of methoxy groups -OCH3 is 1. The number of aliphatic hydroxyl groups is 1. The summed E-state index contributed by atoms with van der Waals surface area (Å²) in [5.41, 5.74) is 0.536. The fourth-order valence-corrected chi connectivity index (χ4v) is 3.71. The molecule has 1 heterocycles. The quantitative estimate of drug-likeness (QED) is 0.659. The zero-order valence-electron chi connectivity index (χ0n) is 16.3. The van der Waals surface area contributed by atoms with Gasteiger partial charge in [0.25, 0.3) is 0 Å². The molecule has 1 amide bonds. The number of ether oxygens (including phenoxy) is 1. The van der Waals surface area contributed by atoms with Crippen molar-refractivity contribution >= 4 is 11.7 Å². The lowest BCUT2D eigenvalue weighted by Crippen LogP contribution is -2.39. The van der Waals surface area contributed by atoms with Gasteiger partial charge in [-0.2, -0.15) is 0 Å². The predicted molar refractivity (Wildman–Crippen MR) is 106 cm³/mol. The van der Waals surface area contributed by atoms with Crippen molar-refractivity contribution in [2.75, 3.05) is 25.6 Å². The normalized spacial score (nSPS) is 19.0. The van der Waals surface area contributed by atoms with E-state index in [0.717, 1.165) is 25.5 Å². The van der Waals surface area contributed by atoms with Crippen LogP contribution in [0.4, 0.5) is 14.6 Å². The molecule has 0 saturated heterocycles. The van der Waals surface area contributed by atoms with Crippen molar-refractivity contribution in [2.24, 2.45) is 5.92 Å². The average molecular weight is 405 g/mol. The van der Waals surface area contributed by atoms with Crippen LogP contribution in [0, 0.1) is 17.6 Å². The maximum atomic E-state index is 14.4. The van der Waals surface area contributed by atoms with E-state index in [-0.39, 0.29) is 41.6 Å². The zero-order valence-corrected chi connectivity index (χ0v) is 16.3. The Kier molecular flexibility index (Phi) is 7.11. The number of hydrogen-bond donors (Lipinski definition) is 3. The molecule has 2 atom stereocenters. The molecule has 0 bridgehead atoms. The first-order valence-corrected chi connectivity index (χ1v) is 9.66. The number of carbonyl (C=O) groups is 1. The summed E-state index contributed by atoms with van der Waals surface area (Å²) >= 11 is 0. The highest BCUT2D eigenvalue weighted by Crippen LogP contribution is 2.33. The SMILES string of the molecule is COc1cc(F)ccc1-c1cc(NC(=O)C2CCCC(NCCO)C2)ncc1F. The lowest BCUT2D eigenvalue weighted by molar-refractivity contribution is -0.121. The molecule has 8 heteroatoms. The maximum Gasteiger partial charge on any atom is 0.228 e. The second kappa shape index (κ2) is 9.76. The van der Waals surface area contributed by atoms with E-state index in [1.54, 1.807) is 0 Å². The van der Waals surface area contributed by atoms with Crippen LogP contribution in [0.25, 0.3) is 11.1 Å². The number of benzene rings is 1. The summed E-state index contributed by atoms with van der Waals surface area (Å²) in [6.07, 6.45) is 4.35. The van der Waals surface area contributed by atoms with E-state index in [0.29, 0.717) is 18.5 Å². The lowest BCUT2D eigenvalue weighted by Gasteiger charge is -2.29. The Hall–Kier alpha value is -2.58. The summed E-state index contributed by atoms with van der Waals surface area (Å²) < 4.78 is 33.0. The van der Waals surface area contributed by atoms with Gasteiger partial charge in [0, 0.05) is 35.7 Å². The molecule has 2 unspecified atom stereocenters. The molecule has 3 rings (SSSR count). The van der Waals surface area contributed by atoms with Gasteiger partial charge in [-0.1, -0.05) is 6.42 Å². The van der Waals surface area contributed by atoms with Gasteiger partial charge in [0.15, 0.2) is 0 Å². The maximum absolute atomic E-state index is 14.4. The Morgan fingerprint density at radius 3 is 2.86 bits per heavy atom. The first-order valence-electron chi connectivity index (χ1n) is 9.66. The van der Waals surface area contributed by atoms with E-state index < -0.39 is 11.6 Å². The fraction of sp³-hybridized carbons (Fsp3) is 0.429. The van der Waals surface area contributed by atoms with Gasteiger partial charge in [-0.25, -0.2) is 13.8 Å². The number of nitrogens with zero attached hydrogens (tertiary/aromatic N) is 1. The second-order valence-electron chi connectivity index (χ2n) is 7.12. The molecular weight excluding hydrogens is 380 g/mol. The minimum absolute atomic E-state index is 0.0580. The van der Waals surface area contributed by atoms with Crippen molar-refractivity contribution in [3.63, 3.8) is 0 Å². The molecule has 0 aliphatic heterocycles. The highest BCUT2D eigenvalue weighted by Gasteiger charge is 2.27. The van der Waals surface area contributed by atoms with Crippen LogP contribution in [0.2, 0.25) is 0 Å². The molecule has 6 nitrogen and oxygen atoms in total. The van der Waals surface area contributed by atoms with Gasteiger partial charge in [0.2, 0.25) is 5.91 Å². The third-order valence-electron chi connectivity index (χ3n) is 5.15. The van der Waals surface area contributed by atoms with Gasteiger partial charge >= 0.3 is 0 Å². The van der Waals surface area contributed by atoms with Gasteiger partial charge in [-0.15, -0.1) is 0 Å². The molecule has 1 aromatic heterocycles. The molecule has 1 saturated carbocycles. The van der Waals surface area contributed by atoms with Gasteiger partial charge < -0.3 is 20.5 Å². The number of amides is 1. The number of pyridine rings is 1. The third kappa shape index (κ3) is 5.27. The number of anilines is 1. The van der Waals surface area contributed by atoms with E-state index >= 15 is 0 Å². The monoisotopic (exact) mass is 405 g/mol. The summed E-state index contributed by atoms with van der Waals surface area (Å²) in [5, 5.41) is 15.0. The third-order valence-corrected chi connectivity index (χ3v) is 5.15. The number of nitrogens with one attached hydrogen (secondary N) is 2. The second-order valence-corrected chi connectivity index (χ2v) is 7.12. The van der Waals surface area contributed by atoms with Crippen molar-refractivity contribution in [1.82, 2.24) is 10.3 Å². The van der Waals surface area contributed by atoms with Crippen LogP contribution < -0.4 is 15.4 Å². The van der Waals surface area contributed by atoms with Crippen LogP contribution in [0.1, 0.15) is 25.7 Å². The number of hydrogen-bond acceptors (Lipinski definition) is 5. The number of halogens is 2. The average Bonchev–Trinajstić information content (AvgIpc) is 2.73. The molecule has 29 heavy (non-hydrogen) atoms. The minimum atomic E-state index is -0.598. The van der Waals surface area contributed by atoms with Crippen molar-refractivity contribution in [1.29, 1.82) is 0 Å². The smallest absolute Gasteiger partial charge is 0.228 e. The zero-order chi connectivity index (χ0) is 20.8. The molecule has 1 aromatic carbocycles. The largest absolute Gasteiger partial charge is 0.496 e. The van der Waals surface area contributed by atoms with E-state index in [4.69, 9.17) is 9.84 Å². The Bertz CT molecular complexity index is 863. The number of carbonyl (C=O) groups excluding carboxylic acids is 1. The fourth-order valence-electron chi connectivity index (χ4n) is 3.71. The van der Waals surface area contributed by atoms with Crippen LogP contribution in [0.15, 0.2) is 30.5 Å². The van der Waals surface area contributed by atoms with E-state index in [9.17, 15) is 13.6 Å². The van der Waals surface area contributed by atoms with Crippen molar-refractivity contribution in [2.45, 2.75) is 31.7 Å². The molecule has 1 aliphatic carbocycles. The van der Waals surface area contributed by atoms with E-state index in [2.05, 4.69) is 15.6 Å². The van der Waals surface area contributed by atoms with Crippen LogP contribution >= 0.6 is 0 Å². The first kappa shape index (κ1) is 21.1. The molecule has 0 radical (unpaired) electrons. The van der Waals surface area contributed by atoms with Crippen molar-refractivity contribution in [3.8, 4) is 16.9 Å². The van der Waals surface area contributed by atoms with Gasteiger partial charge in [-0.3, -0.25) is 4.79 Å².